The molecule has 0 aliphatic carbocycles. The Hall–Kier alpha value is -4.86. The van der Waals surface area contributed by atoms with Gasteiger partial charge >= 0.3 is 18.2 Å². The van der Waals surface area contributed by atoms with Crippen molar-refractivity contribution < 1.29 is 29.0 Å². The highest BCUT2D eigenvalue weighted by molar-refractivity contribution is 6.08. The number of para-hydroxylation sites is 1. The minimum absolute atomic E-state index is 0.187. The second kappa shape index (κ2) is 9.10. The van der Waals surface area contributed by atoms with E-state index in [1.54, 1.807) is 55.7 Å². The predicted molar refractivity (Wildman–Crippen MR) is 119 cm³/mol. The van der Waals surface area contributed by atoms with Gasteiger partial charge in [0.2, 0.25) is 0 Å². The van der Waals surface area contributed by atoms with Gasteiger partial charge in [0.25, 0.3) is 0 Å². The molecule has 4 rings (SSSR count). The molecule has 33 heavy (non-hydrogen) atoms. The summed E-state index contributed by atoms with van der Waals surface area (Å²) >= 11 is 0. The molecule has 10 nitrogen and oxygen atoms in total. The van der Waals surface area contributed by atoms with Crippen molar-refractivity contribution in [1.29, 1.82) is 0 Å². The Bertz CT molecular complexity index is 1340. The molecule has 0 radical (unpaired) electrons. The largest absolute Gasteiger partial charge is 0.464 e. The molecule has 4 aromatic rings. The number of anilines is 1. The van der Waals surface area contributed by atoms with E-state index >= 15 is 0 Å². The van der Waals surface area contributed by atoms with E-state index in [0.717, 1.165) is 5.39 Å². The van der Waals surface area contributed by atoms with Gasteiger partial charge in [-0.15, -0.1) is 0 Å². The van der Waals surface area contributed by atoms with Gasteiger partial charge in [-0.1, -0.05) is 18.2 Å². The molecular formula is C23H18N4O6. The molecule has 0 fully saturated rings. The summed E-state index contributed by atoms with van der Waals surface area (Å²) in [5.74, 6) is 0.706. The minimum Gasteiger partial charge on any atom is -0.464 e. The van der Waals surface area contributed by atoms with Crippen LogP contribution in [0.15, 0.2) is 79.1 Å². The number of amides is 3. The quantitative estimate of drug-likeness (QED) is 0.466. The highest BCUT2D eigenvalue weighted by Gasteiger charge is 2.27. The molecule has 0 saturated carbocycles. The second-order valence-corrected chi connectivity index (χ2v) is 6.71. The maximum Gasteiger partial charge on any atom is 0.430 e. The van der Waals surface area contributed by atoms with Crippen molar-refractivity contribution in [2.75, 3.05) is 11.9 Å². The van der Waals surface area contributed by atoms with Crippen molar-refractivity contribution in [1.82, 2.24) is 14.9 Å². The number of hydrogen-bond acceptors (Lipinski definition) is 6. The summed E-state index contributed by atoms with van der Waals surface area (Å²) in [5.41, 5.74) is 0.692. The third-order valence-corrected chi connectivity index (χ3v) is 4.60. The molecule has 0 aliphatic rings. The topological polar surface area (TPSA) is 123 Å². The molecule has 0 bridgehead atoms. The Kier molecular flexibility index (Phi) is 5.90. The zero-order chi connectivity index (χ0) is 23.4. The zero-order valence-electron chi connectivity index (χ0n) is 17.3. The number of nitrogens with zero attached hydrogens (tertiary/aromatic N) is 3. The summed E-state index contributed by atoms with van der Waals surface area (Å²) in [5, 5.41) is 12.9. The number of carbonyl (C=O) groups excluding carboxylic acids is 2. The molecule has 2 aromatic heterocycles. The molecule has 0 unspecified atom stereocenters. The monoisotopic (exact) mass is 446 g/mol. The summed E-state index contributed by atoms with van der Waals surface area (Å²) < 4.78 is 12.4. The van der Waals surface area contributed by atoms with Gasteiger partial charge in [0.1, 0.15) is 17.2 Å². The lowest BCUT2D eigenvalue weighted by Gasteiger charge is -2.16. The standard InChI is InChI=1S/C23H18N4O6/c1-24-21(28)26-12-10-15-13-17(7-8-19(15)26)32-18-9-11-25-20(14-18)27(22(29)30)23(31)33-16-5-3-2-4-6-16/h2-14H,1H3,(H,24,28)(H,29,30). The third-order valence-electron chi connectivity index (χ3n) is 4.60. The van der Waals surface area contributed by atoms with E-state index in [0.29, 0.717) is 16.2 Å². The Balaban J connectivity index is 1.57. The van der Waals surface area contributed by atoms with Crippen LogP contribution < -0.4 is 19.7 Å². The average molecular weight is 446 g/mol. The Labute approximate surface area is 187 Å². The van der Waals surface area contributed by atoms with Crippen molar-refractivity contribution >= 4 is 34.9 Å². The molecule has 166 valence electrons. The lowest BCUT2D eigenvalue weighted by Crippen LogP contribution is -2.38. The summed E-state index contributed by atoms with van der Waals surface area (Å²) in [7, 11) is 1.54. The van der Waals surface area contributed by atoms with Crippen molar-refractivity contribution in [3.8, 4) is 17.2 Å². The summed E-state index contributed by atoms with van der Waals surface area (Å²) in [4.78, 5) is 40.5. The normalized spacial score (nSPS) is 10.5. The van der Waals surface area contributed by atoms with Gasteiger partial charge in [-0.05, 0) is 42.5 Å². The van der Waals surface area contributed by atoms with E-state index in [1.165, 1.54) is 35.0 Å². The van der Waals surface area contributed by atoms with Crippen molar-refractivity contribution in [3.63, 3.8) is 0 Å². The summed E-state index contributed by atoms with van der Waals surface area (Å²) in [6.07, 6.45) is 0.269. The van der Waals surface area contributed by atoms with Gasteiger partial charge in [-0.25, -0.2) is 19.4 Å². The number of benzene rings is 2. The minimum atomic E-state index is -1.56. The SMILES string of the molecule is CNC(=O)n1ccc2cc(Oc3ccnc(N(C(=O)O)C(=O)Oc4ccccc4)c3)ccc21. The van der Waals surface area contributed by atoms with Crippen molar-refractivity contribution in [3.05, 3.63) is 79.1 Å². The maximum absolute atomic E-state index is 12.5. The molecule has 2 aromatic carbocycles. The number of hydrogen-bond donors (Lipinski definition) is 2. The first-order chi connectivity index (χ1) is 16.0. The number of aromatic nitrogens is 2. The molecule has 0 saturated heterocycles. The molecular weight excluding hydrogens is 428 g/mol. The van der Waals surface area contributed by atoms with Crippen molar-refractivity contribution in [2.24, 2.45) is 0 Å². The molecule has 2 N–H and O–H groups in total. The van der Waals surface area contributed by atoms with Gasteiger partial charge in [-0.2, -0.15) is 4.90 Å². The Morgan fingerprint density at radius 2 is 1.73 bits per heavy atom. The number of rotatable bonds is 4. The summed E-state index contributed by atoms with van der Waals surface area (Å²) in [6, 6.07) is 17.5. The third kappa shape index (κ3) is 4.59. The van der Waals surface area contributed by atoms with Crippen LogP contribution >= 0.6 is 0 Å². The number of carbonyl (C=O) groups is 3. The Morgan fingerprint density at radius 3 is 2.45 bits per heavy atom. The first-order valence-electron chi connectivity index (χ1n) is 9.73. The van der Waals surface area contributed by atoms with E-state index in [4.69, 9.17) is 9.47 Å². The fourth-order valence-electron chi connectivity index (χ4n) is 3.11. The van der Waals surface area contributed by atoms with Gasteiger partial charge in [0, 0.05) is 30.9 Å². The highest BCUT2D eigenvalue weighted by Crippen LogP contribution is 2.28. The van der Waals surface area contributed by atoms with Gasteiger partial charge in [0.05, 0.1) is 5.52 Å². The lowest BCUT2D eigenvalue weighted by molar-refractivity contribution is 0.187. The lowest BCUT2D eigenvalue weighted by atomic mass is 10.2. The number of pyridine rings is 1. The predicted octanol–water partition coefficient (Wildman–Crippen LogP) is 4.70. The van der Waals surface area contributed by atoms with Crippen LogP contribution in [0.2, 0.25) is 0 Å². The smallest absolute Gasteiger partial charge is 0.430 e. The van der Waals surface area contributed by atoms with E-state index < -0.39 is 12.2 Å². The average Bonchev–Trinajstić information content (AvgIpc) is 3.22. The molecule has 0 spiro atoms. The van der Waals surface area contributed by atoms with Crippen LogP contribution in [0, 0.1) is 0 Å². The van der Waals surface area contributed by atoms with Crippen LogP contribution in [0.3, 0.4) is 0 Å². The molecule has 0 atom stereocenters. The number of fused-ring (bicyclic) bond motifs is 1. The first kappa shape index (κ1) is 21.4. The molecule has 3 amide bonds. The fraction of sp³-hybridized carbons (Fsp3) is 0.0435. The van der Waals surface area contributed by atoms with Crippen LogP contribution in [0.25, 0.3) is 10.9 Å². The van der Waals surface area contributed by atoms with Crippen LogP contribution in [0.5, 0.6) is 17.2 Å². The zero-order valence-corrected chi connectivity index (χ0v) is 17.3. The number of ether oxygens (including phenoxy) is 2. The van der Waals surface area contributed by atoms with Gasteiger partial charge in [-0.3, -0.25) is 4.57 Å². The van der Waals surface area contributed by atoms with E-state index in [-0.39, 0.29) is 23.3 Å². The van der Waals surface area contributed by atoms with E-state index in [1.807, 2.05) is 0 Å². The highest BCUT2D eigenvalue weighted by atomic mass is 16.6. The van der Waals surface area contributed by atoms with Gasteiger partial charge in [0.15, 0.2) is 5.82 Å². The van der Waals surface area contributed by atoms with Crippen LogP contribution in [-0.4, -0.2) is 39.9 Å². The maximum atomic E-state index is 12.5. The number of nitrogens with one attached hydrogen (secondary N) is 1. The van der Waals surface area contributed by atoms with Crippen LogP contribution in [0.1, 0.15) is 0 Å². The fourth-order valence-corrected chi connectivity index (χ4v) is 3.11. The molecule has 0 aliphatic heterocycles. The molecule has 10 heteroatoms. The second-order valence-electron chi connectivity index (χ2n) is 6.71. The van der Waals surface area contributed by atoms with Crippen LogP contribution in [-0.2, 0) is 0 Å². The van der Waals surface area contributed by atoms with E-state index in [9.17, 15) is 19.5 Å². The summed E-state index contributed by atoms with van der Waals surface area (Å²) in [6.45, 7) is 0. The van der Waals surface area contributed by atoms with Crippen molar-refractivity contribution in [2.45, 2.75) is 0 Å². The van der Waals surface area contributed by atoms with Crippen LogP contribution in [0.4, 0.5) is 20.2 Å². The van der Waals surface area contributed by atoms with Gasteiger partial charge < -0.3 is 19.9 Å². The molecule has 2 heterocycles. The Morgan fingerprint density at radius 1 is 0.970 bits per heavy atom. The number of imide groups is 1. The number of carboxylic acid groups (broad SMARTS) is 1. The first-order valence-corrected chi connectivity index (χ1v) is 9.73. The van der Waals surface area contributed by atoms with E-state index in [2.05, 4.69) is 10.3 Å².